The van der Waals surface area contributed by atoms with E-state index in [4.69, 9.17) is 15.9 Å². The van der Waals surface area contributed by atoms with Crippen molar-refractivity contribution in [1.29, 1.82) is 0 Å². The van der Waals surface area contributed by atoms with Gasteiger partial charge in [-0.25, -0.2) is 9.59 Å². The van der Waals surface area contributed by atoms with Crippen LogP contribution in [0.4, 0.5) is 11.8 Å². The van der Waals surface area contributed by atoms with E-state index in [1.165, 1.54) is 0 Å². The molecule has 0 bridgehead atoms. The van der Waals surface area contributed by atoms with Crippen molar-refractivity contribution in [3.8, 4) is 0 Å². The molecule has 3 rings (SSSR count). The number of carboxylic acid groups (broad SMARTS) is 3. The number of aliphatic carboxylic acids is 3. The molecule has 1 aliphatic rings. The van der Waals surface area contributed by atoms with Gasteiger partial charge in [0, 0.05) is 24.9 Å². The molecule has 0 spiro atoms. The lowest BCUT2D eigenvalue weighted by Crippen LogP contribution is -2.44. The monoisotopic (exact) mass is 572 g/mol. The van der Waals surface area contributed by atoms with Gasteiger partial charge in [0.25, 0.3) is 11.5 Å². The van der Waals surface area contributed by atoms with Gasteiger partial charge in [-0.1, -0.05) is 12.1 Å². The maximum atomic E-state index is 12.6. The van der Waals surface area contributed by atoms with Crippen molar-refractivity contribution in [3.05, 3.63) is 51.3 Å². The fraction of sp³-hybridized carbons (Fsp3) is 0.423. The Balaban J connectivity index is 1.49. The third-order valence-corrected chi connectivity index (χ3v) is 6.69. The second kappa shape index (κ2) is 13.9. The zero-order valence-corrected chi connectivity index (χ0v) is 22.0. The second-order valence-corrected chi connectivity index (χ2v) is 9.76. The van der Waals surface area contributed by atoms with Crippen LogP contribution in [0.1, 0.15) is 53.6 Å². The molecule has 2 heterocycles. The molecule has 0 saturated heterocycles. The summed E-state index contributed by atoms with van der Waals surface area (Å²) in [6.45, 7) is 0.636. The van der Waals surface area contributed by atoms with Gasteiger partial charge in [0.15, 0.2) is 0 Å². The van der Waals surface area contributed by atoms with Crippen molar-refractivity contribution in [2.75, 3.05) is 17.6 Å². The predicted octanol–water partition coefficient (Wildman–Crippen LogP) is -0.0335. The normalized spacial score (nSPS) is 15.5. The van der Waals surface area contributed by atoms with Crippen molar-refractivity contribution in [3.63, 3.8) is 0 Å². The fourth-order valence-electron chi connectivity index (χ4n) is 4.42. The largest absolute Gasteiger partial charge is 0.481 e. The Kier molecular flexibility index (Phi) is 10.4. The number of hydrogen-bond donors (Lipinski definition) is 8. The van der Waals surface area contributed by atoms with Crippen molar-refractivity contribution in [1.82, 2.24) is 20.6 Å². The highest BCUT2D eigenvalue weighted by Gasteiger charge is 2.25. The quantitative estimate of drug-likeness (QED) is 0.148. The highest BCUT2D eigenvalue weighted by atomic mass is 16.4. The third-order valence-electron chi connectivity index (χ3n) is 6.69. The SMILES string of the molecule is Nc1nc2c(c(=O)[nH]1)C[C@H](CCc1ccc(C(=O)N[C@@H](CCC(=O)N[C@@H](CCC(=O)O)C(=O)O)C(=O)O)cc1)CN2. The highest BCUT2D eigenvalue weighted by Crippen LogP contribution is 2.23. The number of hydrogen-bond acceptors (Lipinski definition) is 9. The van der Waals surface area contributed by atoms with Crippen molar-refractivity contribution >= 4 is 41.5 Å². The molecule has 2 aromatic rings. The Morgan fingerprint density at radius 2 is 1.61 bits per heavy atom. The first kappa shape index (κ1) is 30.6. The summed E-state index contributed by atoms with van der Waals surface area (Å²) in [5.41, 5.74) is 7.04. The van der Waals surface area contributed by atoms with Gasteiger partial charge in [0.05, 0.1) is 5.56 Å². The van der Waals surface area contributed by atoms with E-state index in [1.54, 1.807) is 24.3 Å². The van der Waals surface area contributed by atoms with Crippen molar-refractivity contribution in [2.24, 2.45) is 5.92 Å². The van der Waals surface area contributed by atoms with E-state index >= 15 is 0 Å². The van der Waals surface area contributed by atoms with Crippen LogP contribution in [0.2, 0.25) is 0 Å². The third kappa shape index (κ3) is 9.05. The van der Waals surface area contributed by atoms with Gasteiger partial charge in [0.1, 0.15) is 17.9 Å². The van der Waals surface area contributed by atoms with Crippen molar-refractivity contribution < 1.29 is 39.3 Å². The van der Waals surface area contributed by atoms with E-state index in [1.807, 2.05) is 0 Å². The number of fused-ring (bicyclic) bond motifs is 1. The van der Waals surface area contributed by atoms with Crippen LogP contribution in [0.5, 0.6) is 0 Å². The summed E-state index contributed by atoms with van der Waals surface area (Å²) in [6.07, 6.45) is 0.501. The van der Waals surface area contributed by atoms with Crippen LogP contribution in [-0.2, 0) is 32.0 Å². The van der Waals surface area contributed by atoms with Crippen LogP contribution in [0.15, 0.2) is 29.1 Å². The lowest BCUT2D eigenvalue weighted by molar-refractivity contribution is -0.143. The molecule has 0 aliphatic carbocycles. The van der Waals surface area contributed by atoms with Crippen LogP contribution in [0, 0.1) is 5.92 Å². The minimum absolute atomic E-state index is 0.0582. The summed E-state index contributed by atoms with van der Waals surface area (Å²) in [5.74, 6) is -4.70. The second-order valence-electron chi connectivity index (χ2n) is 9.76. The molecule has 3 atom stereocenters. The summed E-state index contributed by atoms with van der Waals surface area (Å²) in [7, 11) is 0. The number of nitrogen functional groups attached to an aromatic ring is 1. The van der Waals surface area contributed by atoms with Gasteiger partial charge in [-0.2, -0.15) is 4.98 Å². The topological polar surface area (TPSA) is 254 Å². The zero-order chi connectivity index (χ0) is 30.1. The maximum Gasteiger partial charge on any atom is 0.326 e. The number of anilines is 2. The smallest absolute Gasteiger partial charge is 0.326 e. The Morgan fingerprint density at radius 1 is 0.976 bits per heavy atom. The number of carbonyl (C=O) groups is 5. The maximum absolute atomic E-state index is 12.6. The lowest BCUT2D eigenvalue weighted by atomic mass is 9.91. The van der Waals surface area contributed by atoms with Gasteiger partial charge < -0.3 is 37.0 Å². The molecular formula is C26H32N6O9. The zero-order valence-electron chi connectivity index (χ0n) is 22.0. The van der Waals surface area contributed by atoms with Gasteiger partial charge >= 0.3 is 17.9 Å². The Labute approximate surface area is 233 Å². The molecule has 220 valence electrons. The van der Waals surface area contributed by atoms with Gasteiger partial charge in [0.2, 0.25) is 11.9 Å². The summed E-state index contributed by atoms with van der Waals surface area (Å²) >= 11 is 0. The van der Waals surface area contributed by atoms with E-state index in [0.29, 0.717) is 30.8 Å². The first-order valence-electron chi connectivity index (χ1n) is 12.9. The minimum atomic E-state index is -1.43. The number of aromatic amines is 1. The molecule has 1 aromatic heterocycles. The Morgan fingerprint density at radius 3 is 2.24 bits per heavy atom. The molecule has 9 N–H and O–H groups in total. The molecule has 15 heteroatoms. The molecule has 1 aliphatic heterocycles. The first-order chi connectivity index (χ1) is 19.4. The Bertz CT molecular complexity index is 1360. The molecule has 1 aromatic carbocycles. The molecule has 41 heavy (non-hydrogen) atoms. The number of nitrogens with zero attached hydrogens (tertiary/aromatic N) is 1. The van der Waals surface area contributed by atoms with E-state index < -0.39 is 54.6 Å². The number of aryl methyl sites for hydroxylation is 1. The predicted molar refractivity (Wildman–Crippen MR) is 144 cm³/mol. The molecule has 15 nitrogen and oxygen atoms in total. The summed E-state index contributed by atoms with van der Waals surface area (Å²) < 4.78 is 0. The number of H-pyrrole nitrogens is 1. The molecular weight excluding hydrogens is 540 g/mol. The minimum Gasteiger partial charge on any atom is -0.481 e. The summed E-state index contributed by atoms with van der Waals surface area (Å²) in [4.78, 5) is 77.1. The number of nitrogens with one attached hydrogen (secondary N) is 4. The highest BCUT2D eigenvalue weighted by molar-refractivity contribution is 5.96. The summed E-state index contributed by atoms with van der Waals surface area (Å²) in [6, 6.07) is 3.77. The van der Waals surface area contributed by atoms with Crippen molar-refractivity contribution in [2.45, 2.75) is 57.0 Å². The van der Waals surface area contributed by atoms with E-state index in [0.717, 1.165) is 12.0 Å². The molecule has 0 unspecified atom stereocenters. The van der Waals surface area contributed by atoms with E-state index in [9.17, 15) is 33.9 Å². The van der Waals surface area contributed by atoms with Crippen LogP contribution in [0.3, 0.4) is 0 Å². The van der Waals surface area contributed by atoms with E-state index in [-0.39, 0.29) is 35.8 Å². The number of rotatable bonds is 14. The average molecular weight is 573 g/mol. The lowest BCUT2D eigenvalue weighted by Gasteiger charge is -2.24. The average Bonchev–Trinajstić information content (AvgIpc) is 2.91. The molecule has 2 amide bonds. The first-order valence-corrected chi connectivity index (χ1v) is 12.9. The number of carbonyl (C=O) groups excluding carboxylic acids is 2. The van der Waals surface area contributed by atoms with E-state index in [2.05, 4.69) is 25.9 Å². The standard InChI is InChI=1S/C26H32N6O9/c27-26-31-21-16(23(37)32-26)11-14(12-28-21)2-1-13-3-5-15(6-4-13)22(36)30-18(25(40)41)7-9-19(33)29-17(24(38)39)8-10-20(34)35/h3-6,14,17-18H,1-2,7-12H2,(H,29,33)(H,30,36)(H,34,35)(H,38,39)(H,40,41)(H4,27,28,31,32,37)/t14-,17-,18-/m0/s1. The number of nitrogens with two attached hydrogens (primary N) is 1. The number of carboxylic acids is 3. The molecule has 0 radical (unpaired) electrons. The van der Waals surface area contributed by atoms with Crippen LogP contribution < -0.4 is 27.2 Å². The summed E-state index contributed by atoms with van der Waals surface area (Å²) in [5, 5.41) is 35.0. The van der Waals surface area contributed by atoms with Gasteiger partial charge in [-0.15, -0.1) is 0 Å². The van der Waals surface area contributed by atoms with Gasteiger partial charge in [-0.3, -0.25) is 24.2 Å². The molecule has 0 fully saturated rings. The van der Waals surface area contributed by atoms with Gasteiger partial charge in [-0.05, 0) is 55.7 Å². The van der Waals surface area contributed by atoms with Crippen LogP contribution in [-0.4, -0.2) is 73.6 Å². The molecule has 0 saturated carbocycles. The number of benzene rings is 1. The number of amides is 2. The number of aromatic nitrogens is 2. The van der Waals surface area contributed by atoms with Crippen LogP contribution >= 0.6 is 0 Å². The van der Waals surface area contributed by atoms with Crippen LogP contribution in [0.25, 0.3) is 0 Å². The Hall–Kier alpha value is -4.95. The fourth-order valence-corrected chi connectivity index (χ4v) is 4.42.